The fourth-order valence-corrected chi connectivity index (χ4v) is 2.85. The fraction of sp³-hybridized carbons (Fsp3) is 0.389. The van der Waals surface area contributed by atoms with Gasteiger partial charge in [-0.05, 0) is 29.7 Å². The molecule has 0 amide bonds. The number of benzene rings is 1. The number of hydrogen-bond acceptors (Lipinski definition) is 3. The molecule has 0 bridgehead atoms. The number of nitrogens with zero attached hydrogens (tertiary/aromatic N) is 3. The molecule has 0 aliphatic carbocycles. The molecule has 0 spiro atoms. The van der Waals surface area contributed by atoms with Gasteiger partial charge in [0.2, 0.25) is 0 Å². The van der Waals surface area contributed by atoms with E-state index in [2.05, 4.69) is 57.2 Å². The monoisotopic (exact) mass is 281 g/mol. The van der Waals surface area contributed by atoms with E-state index in [1.807, 2.05) is 12.4 Å². The molecule has 3 rings (SSSR count). The summed E-state index contributed by atoms with van der Waals surface area (Å²) in [7, 11) is 0. The molecular weight excluding hydrogens is 258 g/mol. The van der Waals surface area contributed by atoms with E-state index in [1.165, 1.54) is 30.8 Å². The summed E-state index contributed by atoms with van der Waals surface area (Å²) in [4.78, 5) is 9.19. The van der Waals surface area contributed by atoms with Crippen LogP contribution in [0.3, 0.4) is 0 Å². The molecule has 1 aromatic carbocycles. The Morgan fingerprint density at radius 2 is 1.43 bits per heavy atom. The largest absolute Gasteiger partial charge is 0.300 e. The molecule has 0 N–H and O–H groups in total. The van der Waals surface area contributed by atoms with Crippen LogP contribution in [0.25, 0.3) is 0 Å². The molecule has 1 saturated heterocycles. The molecule has 1 aromatic heterocycles. The second kappa shape index (κ2) is 7.34. The SMILES string of the molecule is c1ccc(CCN2CCN(Cc3ccncc3)CC2)cc1. The smallest absolute Gasteiger partial charge is 0.0271 e. The highest BCUT2D eigenvalue weighted by molar-refractivity contribution is 5.15. The van der Waals surface area contributed by atoms with Crippen molar-refractivity contribution < 1.29 is 0 Å². The molecule has 0 saturated carbocycles. The molecule has 3 heteroatoms. The maximum Gasteiger partial charge on any atom is 0.0271 e. The van der Waals surface area contributed by atoms with E-state index in [0.29, 0.717) is 0 Å². The summed E-state index contributed by atoms with van der Waals surface area (Å²) in [5, 5.41) is 0. The Morgan fingerprint density at radius 3 is 2.14 bits per heavy atom. The zero-order valence-corrected chi connectivity index (χ0v) is 12.5. The lowest BCUT2D eigenvalue weighted by molar-refractivity contribution is 0.128. The van der Waals surface area contributed by atoms with Crippen LogP contribution < -0.4 is 0 Å². The molecule has 2 aromatic rings. The normalized spacial score (nSPS) is 17.0. The average molecular weight is 281 g/mol. The van der Waals surface area contributed by atoms with Crippen LogP contribution >= 0.6 is 0 Å². The molecule has 2 heterocycles. The third-order valence-corrected chi connectivity index (χ3v) is 4.18. The van der Waals surface area contributed by atoms with Crippen LogP contribution in [0.5, 0.6) is 0 Å². The predicted molar refractivity (Wildman–Crippen MR) is 86.1 cm³/mol. The minimum Gasteiger partial charge on any atom is -0.300 e. The summed E-state index contributed by atoms with van der Waals surface area (Å²) in [6.07, 6.45) is 4.92. The Balaban J connectivity index is 1.41. The van der Waals surface area contributed by atoms with E-state index in [0.717, 1.165) is 26.1 Å². The van der Waals surface area contributed by atoms with Crippen LogP contribution in [0.15, 0.2) is 54.9 Å². The molecule has 3 nitrogen and oxygen atoms in total. The van der Waals surface area contributed by atoms with E-state index in [9.17, 15) is 0 Å². The van der Waals surface area contributed by atoms with Crippen molar-refractivity contribution in [3.63, 3.8) is 0 Å². The quantitative estimate of drug-likeness (QED) is 0.839. The molecule has 1 aliphatic heterocycles. The standard InChI is InChI=1S/C18H23N3/c1-2-4-17(5-3-1)8-11-20-12-14-21(15-13-20)16-18-6-9-19-10-7-18/h1-7,9-10H,8,11-16H2. The van der Waals surface area contributed by atoms with Crippen molar-refractivity contribution in [3.05, 3.63) is 66.0 Å². The minimum absolute atomic E-state index is 1.05. The van der Waals surface area contributed by atoms with Crippen molar-refractivity contribution >= 4 is 0 Å². The molecule has 1 aliphatic rings. The van der Waals surface area contributed by atoms with Crippen LogP contribution in [0.4, 0.5) is 0 Å². The first-order valence-electron chi connectivity index (χ1n) is 7.78. The van der Waals surface area contributed by atoms with Crippen molar-refractivity contribution in [2.75, 3.05) is 32.7 Å². The molecule has 0 radical (unpaired) electrons. The molecule has 0 unspecified atom stereocenters. The van der Waals surface area contributed by atoms with Crippen LogP contribution in [0, 0.1) is 0 Å². The summed E-state index contributed by atoms with van der Waals surface area (Å²) in [6.45, 7) is 6.91. The maximum absolute atomic E-state index is 4.08. The van der Waals surface area contributed by atoms with Crippen LogP contribution in [-0.4, -0.2) is 47.5 Å². The van der Waals surface area contributed by atoms with E-state index in [-0.39, 0.29) is 0 Å². The Hall–Kier alpha value is -1.71. The summed E-state index contributed by atoms with van der Waals surface area (Å²) in [6, 6.07) is 15.0. The van der Waals surface area contributed by atoms with Gasteiger partial charge < -0.3 is 4.90 Å². The molecule has 21 heavy (non-hydrogen) atoms. The lowest BCUT2D eigenvalue weighted by Crippen LogP contribution is -2.46. The molecule has 1 fully saturated rings. The average Bonchev–Trinajstić information content (AvgIpc) is 2.56. The molecular formula is C18H23N3. The second-order valence-electron chi connectivity index (χ2n) is 5.71. The highest BCUT2D eigenvalue weighted by Crippen LogP contribution is 2.09. The Morgan fingerprint density at radius 1 is 0.762 bits per heavy atom. The predicted octanol–water partition coefficient (Wildman–Crippen LogP) is 2.44. The van der Waals surface area contributed by atoms with E-state index in [4.69, 9.17) is 0 Å². The van der Waals surface area contributed by atoms with Crippen LogP contribution in [-0.2, 0) is 13.0 Å². The van der Waals surface area contributed by atoms with Crippen molar-refractivity contribution in [3.8, 4) is 0 Å². The Bertz CT molecular complexity index is 519. The zero-order chi connectivity index (χ0) is 14.3. The van der Waals surface area contributed by atoms with Gasteiger partial charge in [0.1, 0.15) is 0 Å². The van der Waals surface area contributed by atoms with Gasteiger partial charge in [0.15, 0.2) is 0 Å². The Labute approximate surface area is 127 Å². The lowest BCUT2D eigenvalue weighted by atomic mass is 10.1. The van der Waals surface area contributed by atoms with Gasteiger partial charge in [-0.1, -0.05) is 30.3 Å². The highest BCUT2D eigenvalue weighted by Gasteiger charge is 2.16. The van der Waals surface area contributed by atoms with Gasteiger partial charge >= 0.3 is 0 Å². The molecule has 110 valence electrons. The Kier molecular flexibility index (Phi) is 4.98. The van der Waals surface area contributed by atoms with Crippen molar-refractivity contribution in [2.24, 2.45) is 0 Å². The van der Waals surface area contributed by atoms with E-state index >= 15 is 0 Å². The van der Waals surface area contributed by atoms with Gasteiger partial charge in [-0.2, -0.15) is 0 Å². The summed E-state index contributed by atoms with van der Waals surface area (Å²) in [5.41, 5.74) is 2.81. The number of pyridine rings is 1. The lowest BCUT2D eigenvalue weighted by Gasteiger charge is -2.34. The van der Waals surface area contributed by atoms with Crippen LogP contribution in [0.1, 0.15) is 11.1 Å². The second-order valence-corrected chi connectivity index (χ2v) is 5.71. The number of rotatable bonds is 5. The first-order chi connectivity index (χ1) is 10.4. The van der Waals surface area contributed by atoms with Crippen molar-refractivity contribution in [2.45, 2.75) is 13.0 Å². The summed E-state index contributed by atoms with van der Waals surface area (Å²) < 4.78 is 0. The minimum atomic E-state index is 1.05. The summed E-state index contributed by atoms with van der Waals surface area (Å²) >= 11 is 0. The number of hydrogen-bond donors (Lipinski definition) is 0. The maximum atomic E-state index is 4.08. The first kappa shape index (κ1) is 14.2. The number of piperazine rings is 1. The van der Waals surface area contributed by atoms with Gasteiger partial charge in [-0.25, -0.2) is 0 Å². The van der Waals surface area contributed by atoms with Crippen molar-refractivity contribution in [1.29, 1.82) is 0 Å². The number of aromatic nitrogens is 1. The van der Waals surface area contributed by atoms with Gasteiger partial charge in [0.05, 0.1) is 0 Å². The highest BCUT2D eigenvalue weighted by atomic mass is 15.3. The third-order valence-electron chi connectivity index (χ3n) is 4.18. The first-order valence-corrected chi connectivity index (χ1v) is 7.78. The summed E-state index contributed by atoms with van der Waals surface area (Å²) in [5.74, 6) is 0. The molecule has 0 atom stereocenters. The van der Waals surface area contributed by atoms with Gasteiger partial charge in [0.25, 0.3) is 0 Å². The van der Waals surface area contributed by atoms with Crippen LogP contribution in [0.2, 0.25) is 0 Å². The topological polar surface area (TPSA) is 19.4 Å². The third kappa shape index (κ3) is 4.38. The van der Waals surface area contributed by atoms with Crippen molar-refractivity contribution in [1.82, 2.24) is 14.8 Å². The van der Waals surface area contributed by atoms with E-state index in [1.54, 1.807) is 0 Å². The fourth-order valence-electron chi connectivity index (χ4n) is 2.85. The van der Waals surface area contributed by atoms with E-state index < -0.39 is 0 Å². The van der Waals surface area contributed by atoms with Gasteiger partial charge in [-0.15, -0.1) is 0 Å². The van der Waals surface area contributed by atoms with Gasteiger partial charge in [-0.3, -0.25) is 9.88 Å². The van der Waals surface area contributed by atoms with Gasteiger partial charge in [0, 0.05) is 51.7 Å². The zero-order valence-electron chi connectivity index (χ0n) is 12.5.